The van der Waals surface area contributed by atoms with E-state index in [0.717, 1.165) is 11.1 Å². The number of carbonyl (C=O) groups is 2. The summed E-state index contributed by atoms with van der Waals surface area (Å²) in [5.74, 6) is -0.933. The third kappa shape index (κ3) is 3.91. The highest BCUT2D eigenvalue weighted by Crippen LogP contribution is 2.18. The molecule has 0 radical (unpaired) electrons. The van der Waals surface area contributed by atoms with Crippen LogP contribution in [0.4, 0.5) is 5.69 Å². The number of esters is 1. The summed E-state index contributed by atoms with van der Waals surface area (Å²) in [6.07, 6.45) is 0.799. The minimum atomic E-state index is -0.881. The molecule has 0 aliphatic carbocycles. The first-order valence-electron chi connectivity index (χ1n) is 8.39. The molecule has 134 valence electrons. The monoisotopic (exact) mass is 352 g/mol. The molecule has 2 aromatic carbocycles. The van der Waals surface area contributed by atoms with Crippen LogP contribution in [0.5, 0.6) is 0 Å². The van der Waals surface area contributed by atoms with Gasteiger partial charge in [-0.15, -0.1) is 0 Å². The topological polar surface area (TPSA) is 81.4 Å². The molecular weight excluding hydrogens is 332 g/mol. The van der Waals surface area contributed by atoms with E-state index in [4.69, 9.17) is 9.15 Å². The molecule has 1 unspecified atom stereocenters. The lowest BCUT2D eigenvalue weighted by Crippen LogP contribution is -2.32. The molecule has 6 heteroatoms. The van der Waals surface area contributed by atoms with Gasteiger partial charge < -0.3 is 14.5 Å². The Bertz CT molecular complexity index is 941. The molecule has 3 aromatic rings. The second-order valence-corrected chi connectivity index (χ2v) is 6.20. The smallest absolute Gasteiger partial charge is 0.339 e. The Hall–Kier alpha value is -3.15. The van der Waals surface area contributed by atoms with Crippen molar-refractivity contribution in [2.24, 2.45) is 0 Å². The van der Waals surface area contributed by atoms with Crippen molar-refractivity contribution in [1.82, 2.24) is 4.98 Å². The second-order valence-electron chi connectivity index (χ2n) is 6.20. The van der Waals surface area contributed by atoms with E-state index in [1.54, 1.807) is 25.1 Å². The first kappa shape index (κ1) is 17.7. The number of nitrogens with one attached hydrogen (secondary N) is 1. The zero-order valence-electron chi connectivity index (χ0n) is 14.9. The van der Waals surface area contributed by atoms with Crippen LogP contribution in [-0.4, -0.2) is 23.0 Å². The average molecular weight is 352 g/mol. The van der Waals surface area contributed by atoms with Gasteiger partial charge in [-0.05, 0) is 61.7 Å². The first-order valence-corrected chi connectivity index (χ1v) is 8.39. The second kappa shape index (κ2) is 7.39. The fourth-order valence-electron chi connectivity index (χ4n) is 2.77. The van der Waals surface area contributed by atoms with Crippen molar-refractivity contribution in [3.05, 3.63) is 59.5 Å². The maximum Gasteiger partial charge on any atom is 0.339 e. The molecule has 0 fully saturated rings. The molecule has 0 saturated carbocycles. The van der Waals surface area contributed by atoms with E-state index >= 15 is 0 Å². The minimum absolute atomic E-state index is 0.312. The molecular formula is C20H20N2O4. The zero-order chi connectivity index (χ0) is 18.7. The molecule has 0 aliphatic rings. The van der Waals surface area contributed by atoms with Crippen molar-refractivity contribution in [3.63, 3.8) is 0 Å². The van der Waals surface area contributed by atoms with Crippen molar-refractivity contribution >= 4 is 28.7 Å². The van der Waals surface area contributed by atoms with Crippen molar-refractivity contribution in [2.45, 2.75) is 33.3 Å². The molecule has 1 heterocycles. The molecule has 1 aromatic heterocycles. The Kier molecular flexibility index (Phi) is 5.02. The van der Waals surface area contributed by atoms with Gasteiger partial charge in [0.25, 0.3) is 5.91 Å². The van der Waals surface area contributed by atoms with E-state index in [1.807, 2.05) is 32.0 Å². The number of hydrogen-bond acceptors (Lipinski definition) is 5. The Balaban J connectivity index is 1.71. The number of hydrogen-bond donors (Lipinski definition) is 1. The molecule has 6 nitrogen and oxygen atoms in total. The lowest BCUT2D eigenvalue weighted by molar-refractivity contribution is -0.124. The van der Waals surface area contributed by atoms with Crippen LogP contribution in [0.25, 0.3) is 11.1 Å². The summed E-state index contributed by atoms with van der Waals surface area (Å²) in [4.78, 5) is 28.9. The Labute approximate surface area is 151 Å². The molecule has 1 atom stereocenters. The number of ether oxygens (including phenoxy) is 1. The molecule has 1 N–H and O–H groups in total. The summed E-state index contributed by atoms with van der Waals surface area (Å²) < 4.78 is 10.6. The van der Waals surface area contributed by atoms with Crippen LogP contribution < -0.4 is 5.32 Å². The van der Waals surface area contributed by atoms with Crippen molar-refractivity contribution in [3.8, 4) is 0 Å². The Morgan fingerprint density at radius 3 is 2.58 bits per heavy atom. The van der Waals surface area contributed by atoms with Gasteiger partial charge in [0.05, 0.1) is 5.56 Å². The SMILES string of the molecule is CCC(OC(=O)c1ccc2ncoc2c1)C(=O)Nc1cc(C)cc(C)c1. The van der Waals surface area contributed by atoms with Gasteiger partial charge in [0.15, 0.2) is 18.1 Å². The number of rotatable bonds is 5. The number of fused-ring (bicyclic) bond motifs is 1. The van der Waals surface area contributed by atoms with Gasteiger partial charge in [0.1, 0.15) is 5.52 Å². The molecule has 0 saturated heterocycles. The van der Waals surface area contributed by atoms with Crippen LogP contribution in [0.15, 0.2) is 47.2 Å². The number of aromatic nitrogens is 1. The van der Waals surface area contributed by atoms with Crippen molar-refractivity contribution in [2.75, 3.05) is 5.32 Å². The lowest BCUT2D eigenvalue weighted by Gasteiger charge is -2.16. The van der Waals surface area contributed by atoms with E-state index < -0.39 is 12.1 Å². The summed E-state index contributed by atoms with van der Waals surface area (Å²) >= 11 is 0. The normalized spacial score (nSPS) is 12.0. The fraction of sp³-hybridized carbons (Fsp3) is 0.250. The van der Waals surface area contributed by atoms with Crippen LogP contribution in [0.2, 0.25) is 0 Å². The summed E-state index contributed by atoms with van der Waals surface area (Å²) in [6, 6.07) is 10.6. The fourth-order valence-corrected chi connectivity index (χ4v) is 2.77. The van der Waals surface area contributed by atoms with Crippen LogP contribution >= 0.6 is 0 Å². The number of carbonyl (C=O) groups excluding carboxylic acids is 2. The van der Waals surface area contributed by atoms with Crippen LogP contribution in [0.3, 0.4) is 0 Å². The van der Waals surface area contributed by atoms with Crippen LogP contribution in [0, 0.1) is 13.8 Å². The minimum Gasteiger partial charge on any atom is -0.449 e. The van der Waals surface area contributed by atoms with E-state index in [9.17, 15) is 9.59 Å². The number of amides is 1. The molecule has 0 aliphatic heterocycles. The quantitative estimate of drug-likeness (QED) is 0.702. The number of benzene rings is 2. The number of nitrogens with zero attached hydrogens (tertiary/aromatic N) is 1. The standard InChI is InChI=1S/C20H20N2O4/c1-4-17(19(23)22-15-8-12(2)7-13(3)9-15)26-20(24)14-5-6-16-18(10-14)25-11-21-16/h5-11,17H,4H2,1-3H3,(H,22,23). The van der Waals surface area contributed by atoms with Gasteiger partial charge in [-0.1, -0.05) is 13.0 Å². The largest absolute Gasteiger partial charge is 0.449 e. The number of anilines is 1. The summed E-state index contributed by atoms with van der Waals surface area (Å²) in [6.45, 7) is 5.71. The predicted molar refractivity (Wildman–Crippen MR) is 98.0 cm³/mol. The highest BCUT2D eigenvalue weighted by atomic mass is 16.5. The zero-order valence-corrected chi connectivity index (χ0v) is 14.9. The Morgan fingerprint density at radius 1 is 1.15 bits per heavy atom. The predicted octanol–water partition coefficient (Wildman–Crippen LogP) is 4.02. The highest BCUT2D eigenvalue weighted by Gasteiger charge is 2.22. The summed E-state index contributed by atoms with van der Waals surface area (Å²) in [7, 11) is 0. The molecule has 0 spiro atoms. The molecule has 0 bridgehead atoms. The molecule has 3 rings (SSSR count). The van der Waals surface area contributed by atoms with E-state index in [0.29, 0.717) is 28.8 Å². The number of aryl methyl sites for hydroxylation is 2. The third-order valence-corrected chi connectivity index (χ3v) is 3.97. The Morgan fingerprint density at radius 2 is 1.88 bits per heavy atom. The maximum atomic E-state index is 12.5. The summed E-state index contributed by atoms with van der Waals surface area (Å²) in [5, 5.41) is 2.81. The maximum absolute atomic E-state index is 12.5. The summed E-state index contributed by atoms with van der Waals surface area (Å²) in [5.41, 5.74) is 4.24. The van der Waals surface area contributed by atoms with Gasteiger partial charge in [-0.25, -0.2) is 9.78 Å². The highest BCUT2D eigenvalue weighted by molar-refractivity contribution is 5.98. The lowest BCUT2D eigenvalue weighted by atomic mass is 10.1. The third-order valence-electron chi connectivity index (χ3n) is 3.97. The molecule has 1 amide bonds. The van der Waals surface area contributed by atoms with Gasteiger partial charge in [0.2, 0.25) is 0 Å². The molecule has 26 heavy (non-hydrogen) atoms. The average Bonchev–Trinajstić information content (AvgIpc) is 3.06. The van der Waals surface area contributed by atoms with E-state index in [-0.39, 0.29) is 5.91 Å². The van der Waals surface area contributed by atoms with Gasteiger partial charge >= 0.3 is 5.97 Å². The van der Waals surface area contributed by atoms with Gasteiger partial charge in [0, 0.05) is 5.69 Å². The van der Waals surface area contributed by atoms with Gasteiger partial charge in [-0.2, -0.15) is 0 Å². The van der Waals surface area contributed by atoms with Crippen molar-refractivity contribution in [1.29, 1.82) is 0 Å². The van der Waals surface area contributed by atoms with Crippen molar-refractivity contribution < 1.29 is 18.7 Å². The van der Waals surface area contributed by atoms with Gasteiger partial charge in [-0.3, -0.25) is 4.79 Å². The van der Waals surface area contributed by atoms with E-state index in [1.165, 1.54) is 6.39 Å². The van der Waals surface area contributed by atoms with Crippen LogP contribution in [0.1, 0.15) is 34.8 Å². The van der Waals surface area contributed by atoms with Crippen LogP contribution in [-0.2, 0) is 9.53 Å². The number of oxazole rings is 1. The first-order chi connectivity index (χ1) is 12.5. The van der Waals surface area contributed by atoms with E-state index in [2.05, 4.69) is 10.3 Å².